The molecule has 5 nitrogen and oxygen atoms in total. The molecule has 1 amide bonds. The summed E-state index contributed by atoms with van der Waals surface area (Å²) in [4.78, 5) is 22.7. The zero-order valence-electron chi connectivity index (χ0n) is 13.5. The van der Waals surface area contributed by atoms with Crippen molar-refractivity contribution in [1.82, 2.24) is 14.9 Å². The first kappa shape index (κ1) is 16.8. The zero-order valence-corrected chi connectivity index (χ0v) is 14.3. The molecule has 25 heavy (non-hydrogen) atoms. The van der Waals surface area contributed by atoms with Crippen LogP contribution in [0.25, 0.3) is 16.3 Å². The number of para-hydroxylation sites is 1. The lowest BCUT2D eigenvalue weighted by Gasteiger charge is -2.19. The minimum Gasteiger partial charge on any atom is -0.334 e. The minimum atomic E-state index is -0.140. The Kier molecular flexibility index (Phi) is 5.50. The number of benzene rings is 1. The van der Waals surface area contributed by atoms with Crippen LogP contribution < -0.4 is 0 Å². The van der Waals surface area contributed by atoms with Crippen molar-refractivity contribution in [3.05, 3.63) is 65.4 Å². The molecule has 0 N–H and O–H groups in total. The van der Waals surface area contributed by atoms with Gasteiger partial charge in [0.2, 0.25) is 5.91 Å². The molecule has 0 saturated heterocycles. The van der Waals surface area contributed by atoms with Gasteiger partial charge in [-0.15, -0.1) is 11.3 Å². The molecule has 1 aromatic carbocycles. The molecule has 0 unspecified atom stereocenters. The number of fused-ring (bicyclic) bond motifs is 1. The molecule has 0 radical (unpaired) electrons. The fraction of sp³-hybridized carbons (Fsp3) is 0.158. The van der Waals surface area contributed by atoms with E-state index in [0.29, 0.717) is 19.5 Å². The normalized spacial score (nSPS) is 10.8. The van der Waals surface area contributed by atoms with Crippen molar-refractivity contribution in [2.24, 2.45) is 0 Å². The van der Waals surface area contributed by atoms with Crippen molar-refractivity contribution in [2.75, 3.05) is 6.54 Å². The molecule has 0 atom stereocenters. The van der Waals surface area contributed by atoms with Crippen molar-refractivity contribution in [3.63, 3.8) is 0 Å². The monoisotopic (exact) mass is 348 g/mol. The van der Waals surface area contributed by atoms with Crippen LogP contribution in [0.1, 0.15) is 17.0 Å². The van der Waals surface area contributed by atoms with Gasteiger partial charge in [0.15, 0.2) is 0 Å². The second-order valence-electron chi connectivity index (χ2n) is 5.38. The summed E-state index contributed by atoms with van der Waals surface area (Å²) in [7, 11) is 0. The van der Waals surface area contributed by atoms with Crippen LogP contribution in [0.3, 0.4) is 0 Å². The van der Waals surface area contributed by atoms with E-state index in [1.807, 2.05) is 36.4 Å². The van der Waals surface area contributed by atoms with Crippen molar-refractivity contribution in [3.8, 4) is 6.07 Å². The molecule has 0 aliphatic rings. The molecule has 0 aliphatic heterocycles. The Morgan fingerprint density at radius 1 is 1.28 bits per heavy atom. The summed E-state index contributed by atoms with van der Waals surface area (Å²) in [6, 6.07) is 13.7. The smallest absolute Gasteiger partial charge is 0.246 e. The number of nitriles is 1. The Labute approximate surface area is 149 Å². The highest BCUT2D eigenvalue weighted by molar-refractivity contribution is 7.19. The largest absolute Gasteiger partial charge is 0.334 e. The number of amides is 1. The number of aromatic nitrogens is 2. The van der Waals surface area contributed by atoms with E-state index in [1.54, 1.807) is 34.7 Å². The third-order valence-corrected chi connectivity index (χ3v) is 4.58. The average Bonchev–Trinajstić information content (AvgIpc) is 3.07. The van der Waals surface area contributed by atoms with Crippen LogP contribution in [0.5, 0.6) is 0 Å². The Morgan fingerprint density at radius 3 is 2.92 bits per heavy atom. The maximum atomic E-state index is 12.5. The number of thiazole rings is 1. The van der Waals surface area contributed by atoms with Crippen molar-refractivity contribution in [2.45, 2.75) is 13.0 Å². The van der Waals surface area contributed by atoms with Gasteiger partial charge in [-0.1, -0.05) is 18.2 Å². The number of carbonyl (C=O) groups excluding carboxylic acids is 1. The van der Waals surface area contributed by atoms with Gasteiger partial charge in [0.1, 0.15) is 5.01 Å². The Hall–Kier alpha value is -3.04. The number of nitrogens with zero attached hydrogens (tertiary/aromatic N) is 4. The second kappa shape index (κ2) is 8.18. The number of carbonyl (C=O) groups is 1. The predicted octanol–water partition coefficient (Wildman–Crippen LogP) is 3.65. The molecule has 0 aliphatic carbocycles. The summed E-state index contributed by atoms with van der Waals surface area (Å²) in [5, 5.41) is 9.61. The minimum absolute atomic E-state index is 0.140. The molecular formula is C19H16N4OS. The van der Waals surface area contributed by atoms with E-state index in [-0.39, 0.29) is 5.91 Å². The third kappa shape index (κ3) is 4.49. The first-order valence-corrected chi connectivity index (χ1v) is 8.66. The zero-order chi connectivity index (χ0) is 17.5. The maximum Gasteiger partial charge on any atom is 0.246 e. The lowest BCUT2D eigenvalue weighted by Crippen LogP contribution is -2.29. The molecule has 0 spiro atoms. The van der Waals surface area contributed by atoms with Gasteiger partial charge in [0.25, 0.3) is 0 Å². The second-order valence-corrected chi connectivity index (χ2v) is 6.44. The van der Waals surface area contributed by atoms with Crippen molar-refractivity contribution < 1.29 is 4.79 Å². The van der Waals surface area contributed by atoms with Gasteiger partial charge in [-0.05, 0) is 29.8 Å². The Bertz CT molecular complexity index is 894. The van der Waals surface area contributed by atoms with Crippen LogP contribution in [-0.2, 0) is 11.3 Å². The molecule has 2 heterocycles. The first-order valence-electron chi connectivity index (χ1n) is 7.84. The predicted molar refractivity (Wildman–Crippen MR) is 98.5 cm³/mol. The van der Waals surface area contributed by atoms with Gasteiger partial charge >= 0.3 is 0 Å². The van der Waals surface area contributed by atoms with Gasteiger partial charge < -0.3 is 4.90 Å². The van der Waals surface area contributed by atoms with Crippen LogP contribution in [0.15, 0.2) is 54.9 Å². The van der Waals surface area contributed by atoms with Crippen LogP contribution in [0.2, 0.25) is 0 Å². The van der Waals surface area contributed by atoms with Gasteiger partial charge in [-0.3, -0.25) is 9.78 Å². The highest BCUT2D eigenvalue weighted by Crippen LogP contribution is 2.22. The summed E-state index contributed by atoms with van der Waals surface area (Å²) in [6.07, 6.45) is 6.96. The summed E-state index contributed by atoms with van der Waals surface area (Å²) in [6.45, 7) is 0.812. The Balaban J connectivity index is 1.73. The topological polar surface area (TPSA) is 69.9 Å². The molecule has 124 valence electrons. The quantitative estimate of drug-likeness (QED) is 0.638. The molecule has 0 saturated carbocycles. The Morgan fingerprint density at radius 2 is 2.16 bits per heavy atom. The van der Waals surface area contributed by atoms with Crippen LogP contribution >= 0.6 is 11.3 Å². The van der Waals surface area contributed by atoms with Crippen LogP contribution in [0.4, 0.5) is 0 Å². The third-order valence-electron chi connectivity index (χ3n) is 3.58. The molecule has 3 rings (SSSR count). The number of pyridine rings is 1. The van der Waals surface area contributed by atoms with E-state index < -0.39 is 0 Å². The van der Waals surface area contributed by atoms with Crippen molar-refractivity contribution >= 4 is 33.5 Å². The summed E-state index contributed by atoms with van der Waals surface area (Å²) >= 11 is 1.54. The van der Waals surface area contributed by atoms with Crippen LogP contribution in [0, 0.1) is 11.3 Å². The lowest BCUT2D eigenvalue weighted by atomic mass is 10.2. The summed E-state index contributed by atoms with van der Waals surface area (Å²) in [5.41, 5.74) is 1.86. The van der Waals surface area contributed by atoms with E-state index in [0.717, 1.165) is 20.8 Å². The fourth-order valence-electron chi connectivity index (χ4n) is 2.37. The van der Waals surface area contributed by atoms with E-state index in [1.165, 1.54) is 6.08 Å². The number of hydrogen-bond donors (Lipinski definition) is 0. The highest BCUT2D eigenvalue weighted by atomic mass is 32.1. The SMILES string of the molecule is N#CCCN(Cc1cccnc1)C(=O)/C=C/c1nc2ccccc2s1. The number of hydrogen-bond acceptors (Lipinski definition) is 5. The molecule has 6 heteroatoms. The molecule has 0 bridgehead atoms. The van der Waals surface area contributed by atoms with Crippen molar-refractivity contribution in [1.29, 1.82) is 5.26 Å². The van der Waals surface area contributed by atoms with E-state index in [4.69, 9.17) is 5.26 Å². The van der Waals surface area contributed by atoms with Gasteiger partial charge in [-0.2, -0.15) is 5.26 Å². The fourth-order valence-corrected chi connectivity index (χ4v) is 3.24. The van der Waals surface area contributed by atoms with E-state index >= 15 is 0 Å². The summed E-state index contributed by atoms with van der Waals surface area (Å²) in [5.74, 6) is -0.140. The molecule has 2 aromatic heterocycles. The number of rotatable bonds is 6. The molecule has 3 aromatic rings. The lowest BCUT2D eigenvalue weighted by molar-refractivity contribution is -0.126. The van der Waals surface area contributed by atoms with Gasteiger partial charge in [0, 0.05) is 31.6 Å². The standard InChI is InChI=1S/C19H16N4OS/c20-10-4-12-23(14-15-5-3-11-21-13-15)19(24)9-8-18-22-16-6-1-2-7-17(16)25-18/h1-3,5-9,11,13H,4,12,14H2/b9-8+. The maximum absolute atomic E-state index is 12.5. The van der Waals surface area contributed by atoms with Gasteiger partial charge in [0.05, 0.1) is 22.7 Å². The molecule has 0 fully saturated rings. The highest BCUT2D eigenvalue weighted by Gasteiger charge is 2.11. The van der Waals surface area contributed by atoms with E-state index in [9.17, 15) is 4.79 Å². The van der Waals surface area contributed by atoms with E-state index in [2.05, 4.69) is 16.0 Å². The van der Waals surface area contributed by atoms with Crippen LogP contribution in [-0.4, -0.2) is 27.3 Å². The molecular weight excluding hydrogens is 332 g/mol. The summed E-state index contributed by atoms with van der Waals surface area (Å²) < 4.78 is 1.09. The average molecular weight is 348 g/mol. The van der Waals surface area contributed by atoms with Gasteiger partial charge in [-0.25, -0.2) is 4.98 Å². The first-order chi connectivity index (χ1) is 12.3.